The van der Waals surface area contributed by atoms with Crippen molar-refractivity contribution in [2.24, 2.45) is 28.1 Å². The van der Waals surface area contributed by atoms with E-state index in [9.17, 15) is 9.59 Å². The number of piperidine rings is 1. The molecule has 0 unspecified atom stereocenters. The first-order valence-corrected chi connectivity index (χ1v) is 7.43. The van der Waals surface area contributed by atoms with Crippen molar-refractivity contribution in [1.29, 1.82) is 0 Å². The van der Waals surface area contributed by atoms with Crippen molar-refractivity contribution in [3.05, 3.63) is 0 Å². The van der Waals surface area contributed by atoms with E-state index in [1.165, 1.54) is 0 Å². The third kappa shape index (κ3) is 2.69. The number of carbonyl (C=O) groups is 2. The Morgan fingerprint density at radius 2 is 1.90 bits per heavy atom. The summed E-state index contributed by atoms with van der Waals surface area (Å²) in [6.07, 6.45) is 2.56. The number of oxime groups is 1. The number of rotatable bonds is 3. The van der Waals surface area contributed by atoms with Crippen LogP contribution in [0, 0.1) is 17.3 Å². The summed E-state index contributed by atoms with van der Waals surface area (Å²) >= 11 is 0. The van der Waals surface area contributed by atoms with Gasteiger partial charge in [-0.3, -0.25) is 9.59 Å². The molecule has 21 heavy (non-hydrogen) atoms. The SMILES string of the molecule is CNC(=O)C1CCN(C(=O)C2(C(N)=NO)CC(C)C2)CC1. The highest BCUT2D eigenvalue weighted by molar-refractivity contribution is 6.07. The van der Waals surface area contributed by atoms with E-state index in [4.69, 9.17) is 10.9 Å². The van der Waals surface area contributed by atoms with Crippen molar-refractivity contribution in [2.45, 2.75) is 32.6 Å². The van der Waals surface area contributed by atoms with Gasteiger partial charge in [0, 0.05) is 26.1 Å². The van der Waals surface area contributed by atoms with Gasteiger partial charge in [-0.25, -0.2) is 0 Å². The van der Waals surface area contributed by atoms with Gasteiger partial charge >= 0.3 is 0 Å². The maximum absolute atomic E-state index is 12.7. The molecule has 0 aromatic rings. The summed E-state index contributed by atoms with van der Waals surface area (Å²) in [6.45, 7) is 3.14. The lowest BCUT2D eigenvalue weighted by molar-refractivity contribution is -0.147. The number of hydrogen-bond acceptors (Lipinski definition) is 4. The van der Waals surface area contributed by atoms with Crippen LogP contribution < -0.4 is 11.1 Å². The van der Waals surface area contributed by atoms with Gasteiger partial charge < -0.3 is 21.2 Å². The van der Waals surface area contributed by atoms with Crippen LogP contribution in [-0.4, -0.2) is 47.9 Å². The van der Waals surface area contributed by atoms with E-state index >= 15 is 0 Å². The Morgan fingerprint density at radius 1 is 1.33 bits per heavy atom. The number of amidine groups is 1. The summed E-state index contributed by atoms with van der Waals surface area (Å²) in [7, 11) is 1.63. The molecule has 0 bridgehead atoms. The molecule has 7 heteroatoms. The minimum atomic E-state index is -0.839. The highest BCUT2D eigenvalue weighted by Gasteiger charge is 2.54. The molecule has 2 aliphatic rings. The number of likely N-dealkylation sites (tertiary alicyclic amines) is 1. The van der Waals surface area contributed by atoms with E-state index in [2.05, 4.69) is 10.5 Å². The topological polar surface area (TPSA) is 108 Å². The van der Waals surface area contributed by atoms with Gasteiger partial charge in [0.15, 0.2) is 5.84 Å². The van der Waals surface area contributed by atoms with Crippen LogP contribution >= 0.6 is 0 Å². The van der Waals surface area contributed by atoms with E-state index in [0.717, 1.165) is 0 Å². The Morgan fingerprint density at radius 3 is 2.33 bits per heavy atom. The van der Waals surface area contributed by atoms with Crippen LogP contribution in [0.25, 0.3) is 0 Å². The molecule has 1 aliphatic heterocycles. The Labute approximate surface area is 124 Å². The van der Waals surface area contributed by atoms with Crippen molar-refractivity contribution in [3.8, 4) is 0 Å². The molecule has 7 nitrogen and oxygen atoms in total. The normalized spacial score (nSPS) is 30.7. The fourth-order valence-electron chi connectivity index (χ4n) is 3.57. The maximum atomic E-state index is 12.7. The maximum Gasteiger partial charge on any atom is 0.236 e. The van der Waals surface area contributed by atoms with Crippen LogP contribution in [0.3, 0.4) is 0 Å². The largest absolute Gasteiger partial charge is 0.409 e. The van der Waals surface area contributed by atoms with Crippen LogP contribution in [0.15, 0.2) is 5.16 Å². The van der Waals surface area contributed by atoms with E-state index < -0.39 is 5.41 Å². The summed E-state index contributed by atoms with van der Waals surface area (Å²) in [6, 6.07) is 0. The van der Waals surface area contributed by atoms with Crippen molar-refractivity contribution < 1.29 is 14.8 Å². The molecule has 4 N–H and O–H groups in total. The predicted molar refractivity (Wildman–Crippen MR) is 77.6 cm³/mol. The van der Waals surface area contributed by atoms with Crippen LogP contribution in [0.2, 0.25) is 0 Å². The fourth-order valence-corrected chi connectivity index (χ4v) is 3.57. The Bertz CT molecular complexity index is 449. The second-order valence-corrected chi connectivity index (χ2v) is 6.26. The zero-order valence-corrected chi connectivity index (χ0v) is 12.6. The van der Waals surface area contributed by atoms with Gasteiger partial charge in [0.05, 0.1) is 0 Å². The minimum Gasteiger partial charge on any atom is -0.409 e. The van der Waals surface area contributed by atoms with Gasteiger partial charge in [0.25, 0.3) is 0 Å². The average molecular weight is 296 g/mol. The van der Waals surface area contributed by atoms with Crippen molar-refractivity contribution in [2.75, 3.05) is 20.1 Å². The number of nitrogens with two attached hydrogens (primary N) is 1. The average Bonchev–Trinajstić information content (AvgIpc) is 2.49. The Kier molecular flexibility index (Phi) is 4.39. The fraction of sp³-hybridized carbons (Fsp3) is 0.786. The van der Waals surface area contributed by atoms with E-state index in [1.807, 2.05) is 6.92 Å². The quantitative estimate of drug-likeness (QED) is 0.298. The lowest BCUT2D eigenvalue weighted by Gasteiger charge is -2.47. The molecule has 1 heterocycles. The summed E-state index contributed by atoms with van der Waals surface area (Å²) in [5.74, 6) is 0.354. The summed E-state index contributed by atoms with van der Waals surface area (Å²) in [5.41, 5.74) is 4.93. The molecule has 118 valence electrons. The monoisotopic (exact) mass is 296 g/mol. The first kappa shape index (κ1) is 15.6. The standard InChI is InChI=1S/C14H24N4O3/c1-9-7-14(8-9,12(15)17-21)13(20)18-5-3-10(4-6-18)11(19)16-2/h9-10,21H,3-8H2,1-2H3,(H2,15,17)(H,16,19). The first-order valence-electron chi connectivity index (χ1n) is 7.43. The zero-order chi connectivity index (χ0) is 15.6. The van der Waals surface area contributed by atoms with Crippen molar-refractivity contribution in [3.63, 3.8) is 0 Å². The van der Waals surface area contributed by atoms with E-state index in [0.29, 0.717) is 44.7 Å². The molecular weight excluding hydrogens is 272 g/mol. The van der Waals surface area contributed by atoms with Gasteiger partial charge in [-0.15, -0.1) is 0 Å². The van der Waals surface area contributed by atoms with Crippen LogP contribution in [0.4, 0.5) is 0 Å². The molecule has 0 aromatic carbocycles. The second kappa shape index (κ2) is 5.91. The molecule has 2 fully saturated rings. The zero-order valence-electron chi connectivity index (χ0n) is 12.6. The molecule has 2 rings (SSSR count). The van der Waals surface area contributed by atoms with Gasteiger partial charge in [-0.2, -0.15) is 0 Å². The summed E-state index contributed by atoms with van der Waals surface area (Å²) in [5, 5.41) is 14.7. The van der Waals surface area contributed by atoms with Gasteiger partial charge in [-0.05, 0) is 31.6 Å². The molecule has 0 spiro atoms. The number of amides is 2. The van der Waals surface area contributed by atoms with Gasteiger partial charge in [0.2, 0.25) is 11.8 Å². The predicted octanol–water partition coefficient (Wildman–Crippen LogP) is 0.134. The van der Waals surface area contributed by atoms with E-state index in [-0.39, 0.29) is 23.6 Å². The summed E-state index contributed by atoms with van der Waals surface area (Å²) in [4.78, 5) is 26.1. The number of nitrogens with one attached hydrogen (secondary N) is 1. The molecule has 1 aliphatic carbocycles. The molecular formula is C14H24N4O3. The molecule has 2 amide bonds. The van der Waals surface area contributed by atoms with Crippen molar-refractivity contribution >= 4 is 17.6 Å². The molecule has 1 saturated carbocycles. The lowest BCUT2D eigenvalue weighted by atomic mass is 9.61. The van der Waals surface area contributed by atoms with Gasteiger partial charge in [0.1, 0.15) is 5.41 Å². The second-order valence-electron chi connectivity index (χ2n) is 6.26. The van der Waals surface area contributed by atoms with Crippen LogP contribution in [-0.2, 0) is 9.59 Å². The summed E-state index contributed by atoms with van der Waals surface area (Å²) < 4.78 is 0. The third-order valence-corrected chi connectivity index (χ3v) is 4.80. The molecule has 0 aromatic heterocycles. The van der Waals surface area contributed by atoms with E-state index in [1.54, 1.807) is 11.9 Å². The third-order valence-electron chi connectivity index (χ3n) is 4.80. The smallest absolute Gasteiger partial charge is 0.236 e. The molecule has 1 saturated heterocycles. The number of nitrogens with zero attached hydrogens (tertiary/aromatic N) is 2. The number of carbonyl (C=O) groups excluding carboxylic acids is 2. The van der Waals surface area contributed by atoms with Gasteiger partial charge in [-0.1, -0.05) is 12.1 Å². The van der Waals surface area contributed by atoms with Crippen molar-refractivity contribution in [1.82, 2.24) is 10.2 Å². The highest BCUT2D eigenvalue weighted by Crippen LogP contribution is 2.47. The number of hydrogen-bond donors (Lipinski definition) is 3. The van der Waals surface area contributed by atoms with Crippen LogP contribution in [0.1, 0.15) is 32.6 Å². The van der Waals surface area contributed by atoms with Crippen LogP contribution in [0.5, 0.6) is 0 Å². The molecule has 0 atom stereocenters. The highest BCUT2D eigenvalue weighted by atomic mass is 16.4. The first-order chi connectivity index (χ1) is 9.94. The Balaban J connectivity index is 2.02. The lowest BCUT2D eigenvalue weighted by Crippen LogP contribution is -2.59. The Hall–Kier alpha value is -1.79. The molecule has 0 radical (unpaired) electrons. The minimum absolute atomic E-state index is 0.0130.